The summed E-state index contributed by atoms with van der Waals surface area (Å²) in [5.74, 6) is -0.865. The highest BCUT2D eigenvalue weighted by Gasteiger charge is 2.48. The number of ether oxygens (including phenoxy) is 5. The van der Waals surface area contributed by atoms with Crippen LogP contribution in [0, 0.1) is 0 Å². The minimum Gasteiger partial charge on any atom is -0.507 e. The maximum absolute atomic E-state index is 10.7. The van der Waals surface area contributed by atoms with Crippen molar-refractivity contribution in [3.63, 3.8) is 0 Å². The van der Waals surface area contributed by atoms with Crippen LogP contribution in [0.15, 0.2) is 40.8 Å². The first-order valence-electron chi connectivity index (χ1n) is 13.3. The van der Waals surface area contributed by atoms with Crippen LogP contribution in [0.1, 0.15) is 6.92 Å². The molecule has 2 aromatic carbocycles. The SMILES string of the molecule is COc1cc(-c2[o+]c3cc(O)cc(O)c3cc2O[C@@H]2OC(CO[C@@H]3OC(C)[C@H](O)[C@H](O)C3O)[C@@H](O)C(O)C2O)ccc1O. The van der Waals surface area contributed by atoms with Crippen molar-refractivity contribution < 1.29 is 74.1 Å². The quantitative estimate of drug-likeness (QED) is 0.154. The molecule has 234 valence electrons. The first kappa shape index (κ1) is 30.9. The Kier molecular flexibility index (Phi) is 8.80. The molecule has 5 rings (SSSR count). The van der Waals surface area contributed by atoms with Crippen LogP contribution in [-0.2, 0) is 14.2 Å². The molecule has 0 saturated carbocycles. The minimum atomic E-state index is -1.80. The van der Waals surface area contributed by atoms with E-state index < -0.39 is 68.0 Å². The zero-order valence-electron chi connectivity index (χ0n) is 22.9. The molecule has 43 heavy (non-hydrogen) atoms. The van der Waals surface area contributed by atoms with E-state index in [-0.39, 0.29) is 45.5 Å². The van der Waals surface area contributed by atoms with Crippen molar-refractivity contribution in [2.75, 3.05) is 13.7 Å². The van der Waals surface area contributed by atoms with Crippen molar-refractivity contribution >= 4 is 11.0 Å². The molecule has 2 aliphatic rings. The molecule has 0 amide bonds. The molecule has 15 heteroatoms. The van der Waals surface area contributed by atoms with Gasteiger partial charge in [-0.3, -0.25) is 0 Å². The molecule has 0 radical (unpaired) electrons. The number of benzene rings is 2. The van der Waals surface area contributed by atoms with Gasteiger partial charge in [-0.25, -0.2) is 4.42 Å². The molecule has 5 unspecified atom stereocenters. The fourth-order valence-corrected chi connectivity index (χ4v) is 4.91. The van der Waals surface area contributed by atoms with E-state index in [1.807, 2.05) is 0 Å². The molecular formula is C28H33O15+. The van der Waals surface area contributed by atoms with Crippen LogP contribution in [0.5, 0.6) is 28.7 Å². The summed E-state index contributed by atoms with van der Waals surface area (Å²) < 4.78 is 33.7. The second-order valence-electron chi connectivity index (χ2n) is 10.4. The average molecular weight is 610 g/mol. The van der Waals surface area contributed by atoms with Gasteiger partial charge < -0.3 is 69.6 Å². The highest BCUT2D eigenvalue weighted by atomic mass is 16.7. The molecule has 10 atom stereocenters. The third-order valence-corrected chi connectivity index (χ3v) is 7.40. The molecule has 2 fully saturated rings. The Morgan fingerprint density at radius 1 is 0.744 bits per heavy atom. The van der Waals surface area contributed by atoms with Gasteiger partial charge in [-0.1, -0.05) is 0 Å². The molecular weight excluding hydrogens is 576 g/mol. The largest absolute Gasteiger partial charge is 0.507 e. The Hall–Kier alpha value is -3.51. The number of methoxy groups -OCH3 is 1. The van der Waals surface area contributed by atoms with Crippen LogP contribution >= 0.6 is 0 Å². The van der Waals surface area contributed by atoms with Gasteiger partial charge in [0, 0.05) is 18.2 Å². The van der Waals surface area contributed by atoms with E-state index in [4.69, 9.17) is 28.1 Å². The third-order valence-electron chi connectivity index (χ3n) is 7.40. The predicted octanol–water partition coefficient (Wildman–Crippen LogP) is -0.463. The van der Waals surface area contributed by atoms with Gasteiger partial charge in [0.15, 0.2) is 17.8 Å². The lowest BCUT2D eigenvalue weighted by molar-refractivity contribution is -0.318. The number of fused-ring (bicyclic) bond motifs is 1. The van der Waals surface area contributed by atoms with Crippen molar-refractivity contribution in [1.82, 2.24) is 0 Å². The topological polar surface area (TPSA) is 240 Å². The van der Waals surface area contributed by atoms with Crippen LogP contribution in [0.4, 0.5) is 0 Å². The Balaban J connectivity index is 1.45. The normalized spacial score (nSPS) is 32.9. The number of rotatable bonds is 7. The summed E-state index contributed by atoms with van der Waals surface area (Å²) in [4.78, 5) is 0. The summed E-state index contributed by atoms with van der Waals surface area (Å²) >= 11 is 0. The number of hydrogen-bond donors (Lipinski definition) is 9. The van der Waals surface area contributed by atoms with Crippen molar-refractivity contribution in [3.8, 4) is 40.1 Å². The summed E-state index contributed by atoms with van der Waals surface area (Å²) in [6, 6.07) is 7.87. The zero-order chi connectivity index (χ0) is 31.2. The zero-order valence-corrected chi connectivity index (χ0v) is 22.9. The van der Waals surface area contributed by atoms with Crippen molar-refractivity contribution in [2.24, 2.45) is 0 Å². The molecule has 0 aliphatic carbocycles. The monoisotopic (exact) mass is 609 g/mol. The fourth-order valence-electron chi connectivity index (χ4n) is 4.91. The molecule has 3 aromatic rings. The number of phenolic OH excluding ortho intramolecular Hbond substituents is 3. The smallest absolute Gasteiger partial charge is 0.402 e. The van der Waals surface area contributed by atoms with Crippen LogP contribution in [-0.4, -0.2) is 121 Å². The van der Waals surface area contributed by atoms with Gasteiger partial charge in [0.1, 0.15) is 59.6 Å². The van der Waals surface area contributed by atoms with E-state index in [1.165, 1.54) is 44.4 Å². The maximum Gasteiger partial charge on any atom is 0.402 e. The van der Waals surface area contributed by atoms with E-state index in [0.717, 1.165) is 6.07 Å². The molecule has 9 N–H and O–H groups in total. The van der Waals surface area contributed by atoms with Crippen molar-refractivity contribution in [2.45, 2.75) is 68.3 Å². The number of aromatic hydroxyl groups is 3. The highest BCUT2D eigenvalue weighted by Crippen LogP contribution is 2.42. The predicted molar refractivity (Wildman–Crippen MR) is 143 cm³/mol. The van der Waals surface area contributed by atoms with Crippen molar-refractivity contribution in [3.05, 3.63) is 36.4 Å². The number of aliphatic hydroxyl groups excluding tert-OH is 6. The van der Waals surface area contributed by atoms with Crippen molar-refractivity contribution in [1.29, 1.82) is 0 Å². The molecule has 15 nitrogen and oxygen atoms in total. The molecule has 0 spiro atoms. The first-order valence-corrected chi connectivity index (χ1v) is 13.3. The van der Waals surface area contributed by atoms with E-state index in [2.05, 4.69) is 0 Å². The Morgan fingerprint density at radius 2 is 1.44 bits per heavy atom. The summed E-state index contributed by atoms with van der Waals surface area (Å²) in [6.45, 7) is 0.952. The van der Waals surface area contributed by atoms with E-state index >= 15 is 0 Å². The lowest BCUT2D eigenvalue weighted by atomic mass is 9.98. The lowest BCUT2D eigenvalue weighted by Crippen LogP contribution is -2.61. The molecule has 1 aromatic heterocycles. The highest BCUT2D eigenvalue weighted by molar-refractivity contribution is 5.88. The second-order valence-corrected chi connectivity index (χ2v) is 10.4. The summed E-state index contributed by atoms with van der Waals surface area (Å²) in [7, 11) is 1.34. The fraction of sp³-hybridized carbons (Fsp3) is 0.464. The Labute approximate surface area is 243 Å². The van der Waals surface area contributed by atoms with Gasteiger partial charge in [0.25, 0.3) is 0 Å². The van der Waals surface area contributed by atoms with Crippen LogP contribution in [0.3, 0.4) is 0 Å². The van der Waals surface area contributed by atoms with Gasteiger partial charge in [-0.15, -0.1) is 0 Å². The van der Waals surface area contributed by atoms with Crippen LogP contribution in [0.2, 0.25) is 0 Å². The maximum atomic E-state index is 10.7. The minimum absolute atomic E-state index is 0.0136. The molecule has 0 bridgehead atoms. The molecule has 2 aliphatic heterocycles. The van der Waals surface area contributed by atoms with Gasteiger partial charge in [0.05, 0.1) is 31.5 Å². The lowest BCUT2D eigenvalue weighted by Gasteiger charge is -2.42. The second kappa shape index (κ2) is 12.2. The molecule has 3 heterocycles. The van der Waals surface area contributed by atoms with Gasteiger partial charge >= 0.3 is 11.3 Å². The summed E-state index contributed by atoms with van der Waals surface area (Å²) in [6.07, 6.45) is -15.1. The van der Waals surface area contributed by atoms with E-state index in [9.17, 15) is 46.0 Å². The van der Waals surface area contributed by atoms with E-state index in [0.29, 0.717) is 5.56 Å². The van der Waals surface area contributed by atoms with Gasteiger partial charge in [0.2, 0.25) is 12.0 Å². The summed E-state index contributed by atoms with van der Waals surface area (Å²) in [5.41, 5.74) is 0.352. The van der Waals surface area contributed by atoms with Gasteiger partial charge in [-0.05, 0) is 19.1 Å². The Morgan fingerprint density at radius 3 is 2.16 bits per heavy atom. The van der Waals surface area contributed by atoms with Crippen LogP contribution in [0.25, 0.3) is 22.3 Å². The standard InChI is InChI=1S/C28H32O15/c1-10-20(32)22(34)24(36)27(40-10)39-9-19-21(33)23(35)25(37)28(43-19)42-18-8-13-15(31)6-12(29)7-16(13)41-26(18)11-3-4-14(30)17(5-11)38-2/h3-8,10,19-25,27-28,32-37H,9H2,1-2H3,(H2-,29,30,31)/p+1/t10?,19?,20-,21+,22-,23?,24?,25?,27+,28+/m0/s1. The Bertz CT molecular complexity index is 1450. The van der Waals surface area contributed by atoms with Gasteiger partial charge in [-0.2, -0.15) is 0 Å². The van der Waals surface area contributed by atoms with E-state index in [1.54, 1.807) is 0 Å². The first-order chi connectivity index (χ1) is 20.4. The summed E-state index contributed by atoms with van der Waals surface area (Å²) in [5, 5.41) is 92.6. The number of aliphatic hydroxyl groups is 6. The number of phenols is 3. The third kappa shape index (κ3) is 5.99. The average Bonchev–Trinajstić information content (AvgIpc) is 2.98. The molecule has 2 saturated heterocycles. The number of hydrogen-bond acceptors (Lipinski definition) is 14. The van der Waals surface area contributed by atoms with Crippen LogP contribution < -0.4 is 9.47 Å².